The molecule has 25 heavy (non-hydrogen) atoms. The van der Waals surface area contributed by atoms with E-state index in [9.17, 15) is 9.90 Å². The van der Waals surface area contributed by atoms with Crippen molar-refractivity contribution in [2.75, 3.05) is 45.3 Å². The Bertz CT molecular complexity index is 743. The van der Waals surface area contributed by atoms with Crippen LogP contribution in [0.5, 0.6) is 0 Å². The van der Waals surface area contributed by atoms with E-state index in [0.29, 0.717) is 19.8 Å². The number of amides is 2. The number of anilines is 1. The molecule has 1 atom stereocenters. The van der Waals surface area contributed by atoms with Gasteiger partial charge in [-0.3, -0.25) is 0 Å². The normalized spacial score (nSPS) is 18.4. The summed E-state index contributed by atoms with van der Waals surface area (Å²) in [4.78, 5) is 14.0. The first-order chi connectivity index (χ1) is 12.1. The molecular formula is C18H25N3O4. The molecule has 0 unspecified atom stereocenters. The molecule has 2 heterocycles. The summed E-state index contributed by atoms with van der Waals surface area (Å²) in [6.45, 7) is 4.96. The van der Waals surface area contributed by atoms with Gasteiger partial charge in [-0.05, 0) is 31.2 Å². The van der Waals surface area contributed by atoms with Gasteiger partial charge in [0.2, 0.25) is 0 Å². The second-order valence-electron chi connectivity index (χ2n) is 6.31. The summed E-state index contributed by atoms with van der Waals surface area (Å²) in [6.07, 6.45) is -0.645. The van der Waals surface area contributed by atoms with Gasteiger partial charge in [-0.15, -0.1) is 0 Å². The first kappa shape index (κ1) is 17.7. The molecule has 0 radical (unpaired) electrons. The smallest absolute Gasteiger partial charge is 0.322 e. The number of urea groups is 1. The number of aliphatic hydroxyl groups is 1. The lowest BCUT2D eigenvalue weighted by molar-refractivity contribution is 0.0575. The number of benzene rings is 1. The zero-order valence-corrected chi connectivity index (χ0v) is 14.7. The fourth-order valence-electron chi connectivity index (χ4n) is 3.15. The molecule has 2 aromatic rings. The van der Waals surface area contributed by atoms with Crippen molar-refractivity contribution >= 4 is 22.6 Å². The lowest BCUT2D eigenvalue weighted by atomic mass is 10.2. The van der Waals surface area contributed by atoms with Crippen LogP contribution >= 0.6 is 0 Å². The molecule has 0 aliphatic carbocycles. The summed E-state index contributed by atoms with van der Waals surface area (Å²) in [5.41, 5.74) is 3.01. The van der Waals surface area contributed by atoms with E-state index in [1.165, 1.54) is 0 Å². The zero-order valence-electron chi connectivity index (χ0n) is 14.7. The van der Waals surface area contributed by atoms with Crippen LogP contribution in [0.4, 0.5) is 10.5 Å². The molecule has 2 N–H and O–H groups in total. The van der Waals surface area contributed by atoms with Crippen molar-refractivity contribution < 1.29 is 19.4 Å². The maximum absolute atomic E-state index is 12.4. The third-order valence-corrected chi connectivity index (χ3v) is 4.41. The molecule has 136 valence electrons. The van der Waals surface area contributed by atoms with Crippen LogP contribution in [0.15, 0.2) is 24.3 Å². The first-order valence-corrected chi connectivity index (χ1v) is 8.49. The highest BCUT2D eigenvalue weighted by Gasteiger charge is 2.21. The maximum Gasteiger partial charge on any atom is 0.322 e. The van der Waals surface area contributed by atoms with Gasteiger partial charge in [0.1, 0.15) is 0 Å². The Hall–Kier alpha value is -2.09. The molecule has 7 nitrogen and oxygen atoms in total. The van der Waals surface area contributed by atoms with E-state index in [-0.39, 0.29) is 19.2 Å². The highest BCUT2D eigenvalue weighted by Crippen LogP contribution is 2.23. The molecule has 1 aromatic carbocycles. The number of carbonyl (C=O) groups is 1. The Morgan fingerprint density at radius 3 is 3.08 bits per heavy atom. The van der Waals surface area contributed by atoms with Gasteiger partial charge in [0.25, 0.3) is 0 Å². The molecule has 1 saturated heterocycles. The minimum Gasteiger partial charge on any atom is -0.389 e. The standard InChI is InChI=1S/C18H25N3O4/c1-13-9-14-10-15(3-4-17(14)21(13)6-7-24-2)19-18(23)20-5-8-25-12-16(22)11-20/h3-4,9-10,16,22H,5-8,11-12H2,1-2H3,(H,19,23)/t16-/m0/s1. The molecule has 0 bridgehead atoms. The predicted octanol–water partition coefficient (Wildman–Crippen LogP) is 1.82. The third kappa shape index (κ3) is 4.12. The number of nitrogens with zero attached hydrogens (tertiary/aromatic N) is 2. The number of fused-ring (bicyclic) bond motifs is 1. The largest absolute Gasteiger partial charge is 0.389 e. The van der Waals surface area contributed by atoms with Crippen LogP contribution in [0.2, 0.25) is 0 Å². The van der Waals surface area contributed by atoms with E-state index in [0.717, 1.165) is 28.8 Å². The molecule has 2 amide bonds. The van der Waals surface area contributed by atoms with Gasteiger partial charge in [-0.2, -0.15) is 0 Å². The minimum atomic E-state index is -0.645. The van der Waals surface area contributed by atoms with Crippen LogP contribution in [0.1, 0.15) is 5.69 Å². The van der Waals surface area contributed by atoms with Crippen molar-refractivity contribution in [1.82, 2.24) is 9.47 Å². The molecule has 1 aliphatic rings. The molecule has 0 spiro atoms. The molecule has 7 heteroatoms. The quantitative estimate of drug-likeness (QED) is 0.885. The van der Waals surface area contributed by atoms with E-state index in [1.807, 2.05) is 18.2 Å². The van der Waals surface area contributed by atoms with Crippen LogP contribution in [0.25, 0.3) is 10.9 Å². The highest BCUT2D eigenvalue weighted by molar-refractivity contribution is 5.93. The van der Waals surface area contributed by atoms with Crippen molar-refractivity contribution in [3.05, 3.63) is 30.0 Å². The van der Waals surface area contributed by atoms with Crippen molar-refractivity contribution in [2.24, 2.45) is 0 Å². The number of methoxy groups -OCH3 is 1. The summed E-state index contributed by atoms with van der Waals surface area (Å²) in [5, 5.41) is 13.7. The fourth-order valence-corrected chi connectivity index (χ4v) is 3.15. The number of hydrogen-bond donors (Lipinski definition) is 2. The van der Waals surface area contributed by atoms with E-state index < -0.39 is 6.10 Å². The Labute approximate surface area is 147 Å². The van der Waals surface area contributed by atoms with Gasteiger partial charge >= 0.3 is 6.03 Å². The lowest BCUT2D eigenvalue weighted by Crippen LogP contribution is -2.40. The predicted molar refractivity (Wildman–Crippen MR) is 96.0 cm³/mol. The zero-order chi connectivity index (χ0) is 17.8. The van der Waals surface area contributed by atoms with Gasteiger partial charge < -0.3 is 29.4 Å². The number of carbonyl (C=O) groups excluding carboxylic acids is 1. The minimum absolute atomic E-state index is 0.223. The molecule has 0 saturated carbocycles. The number of ether oxygens (including phenoxy) is 2. The van der Waals surface area contributed by atoms with Crippen LogP contribution in [0, 0.1) is 6.92 Å². The average molecular weight is 347 g/mol. The van der Waals surface area contributed by atoms with Crippen molar-refractivity contribution in [1.29, 1.82) is 0 Å². The van der Waals surface area contributed by atoms with Gasteiger partial charge in [0.05, 0.1) is 32.5 Å². The summed E-state index contributed by atoms with van der Waals surface area (Å²) in [6, 6.07) is 7.75. The van der Waals surface area contributed by atoms with E-state index >= 15 is 0 Å². The van der Waals surface area contributed by atoms with Gasteiger partial charge in [0, 0.05) is 42.5 Å². The SMILES string of the molecule is COCCn1c(C)cc2cc(NC(=O)N3CCOC[C@@H](O)C3)ccc21. The summed E-state index contributed by atoms with van der Waals surface area (Å²) in [7, 11) is 1.69. The second kappa shape index (κ2) is 7.86. The highest BCUT2D eigenvalue weighted by atomic mass is 16.5. The van der Waals surface area contributed by atoms with E-state index in [4.69, 9.17) is 9.47 Å². The molecule has 1 aliphatic heterocycles. The van der Waals surface area contributed by atoms with Crippen molar-refractivity contribution in [2.45, 2.75) is 19.6 Å². The summed E-state index contributed by atoms with van der Waals surface area (Å²) < 4.78 is 12.6. The van der Waals surface area contributed by atoms with Crippen molar-refractivity contribution in [3.63, 3.8) is 0 Å². The molecule has 1 aromatic heterocycles. The van der Waals surface area contributed by atoms with E-state index in [1.54, 1.807) is 12.0 Å². The number of aromatic nitrogens is 1. The first-order valence-electron chi connectivity index (χ1n) is 8.49. The lowest BCUT2D eigenvalue weighted by Gasteiger charge is -2.21. The molecule has 1 fully saturated rings. The Morgan fingerprint density at radius 1 is 1.44 bits per heavy atom. The third-order valence-electron chi connectivity index (χ3n) is 4.41. The van der Waals surface area contributed by atoms with Crippen LogP contribution in [-0.2, 0) is 16.0 Å². The Morgan fingerprint density at radius 2 is 2.28 bits per heavy atom. The van der Waals surface area contributed by atoms with Gasteiger partial charge in [-0.1, -0.05) is 0 Å². The van der Waals surface area contributed by atoms with Crippen LogP contribution < -0.4 is 5.32 Å². The monoisotopic (exact) mass is 347 g/mol. The number of aryl methyl sites for hydroxylation is 1. The van der Waals surface area contributed by atoms with Crippen LogP contribution in [-0.4, -0.2) is 66.7 Å². The Balaban J connectivity index is 1.74. The topological polar surface area (TPSA) is 76.0 Å². The molecular weight excluding hydrogens is 322 g/mol. The average Bonchev–Trinajstić information content (AvgIpc) is 2.74. The number of aliphatic hydroxyl groups excluding tert-OH is 1. The van der Waals surface area contributed by atoms with Crippen LogP contribution in [0.3, 0.4) is 0 Å². The summed E-state index contributed by atoms with van der Waals surface area (Å²) in [5.74, 6) is 0. The number of nitrogens with one attached hydrogen (secondary N) is 1. The maximum atomic E-state index is 12.4. The number of rotatable bonds is 4. The van der Waals surface area contributed by atoms with Gasteiger partial charge in [0.15, 0.2) is 0 Å². The molecule has 3 rings (SSSR count). The number of hydrogen-bond acceptors (Lipinski definition) is 4. The van der Waals surface area contributed by atoms with Crippen molar-refractivity contribution in [3.8, 4) is 0 Å². The van der Waals surface area contributed by atoms with E-state index in [2.05, 4.69) is 22.9 Å². The number of β-amino-alcohol motifs (C(OH)–C–C–N with tert-alkyl or cyclic N) is 1. The fraction of sp³-hybridized carbons (Fsp3) is 0.500. The second-order valence-corrected chi connectivity index (χ2v) is 6.31. The Kier molecular flexibility index (Phi) is 5.57. The summed E-state index contributed by atoms with van der Waals surface area (Å²) >= 11 is 0. The van der Waals surface area contributed by atoms with Gasteiger partial charge in [-0.25, -0.2) is 4.79 Å².